The Morgan fingerprint density at radius 1 is 1.24 bits per heavy atom. The molecule has 4 rings (SSSR count). The predicted molar refractivity (Wildman–Crippen MR) is 99.6 cm³/mol. The number of nitrogens with zero attached hydrogens (tertiary/aromatic N) is 1. The number of hydrogen-bond acceptors (Lipinski definition) is 2. The zero-order chi connectivity index (χ0) is 17.8. The van der Waals surface area contributed by atoms with E-state index in [1.165, 1.54) is 31.3 Å². The highest BCUT2D eigenvalue weighted by atomic mass is 16.1. The van der Waals surface area contributed by atoms with E-state index in [0.717, 1.165) is 55.8 Å². The Kier molecular flexibility index (Phi) is 4.13. The van der Waals surface area contributed by atoms with Crippen LogP contribution in [-0.4, -0.2) is 5.78 Å². The van der Waals surface area contributed by atoms with Crippen LogP contribution in [0.4, 0.5) is 0 Å². The first-order valence-electron chi connectivity index (χ1n) is 10.6. The van der Waals surface area contributed by atoms with Crippen molar-refractivity contribution in [3.63, 3.8) is 0 Å². The zero-order valence-electron chi connectivity index (χ0n) is 16.2. The summed E-state index contributed by atoms with van der Waals surface area (Å²) in [5, 5.41) is 10.00. The molecule has 7 atom stereocenters. The fourth-order valence-corrected chi connectivity index (χ4v) is 7.88. The van der Waals surface area contributed by atoms with Gasteiger partial charge >= 0.3 is 0 Å². The number of carbonyl (C=O) groups excluding carboxylic acids is 1. The summed E-state index contributed by atoms with van der Waals surface area (Å²) < 4.78 is 0. The van der Waals surface area contributed by atoms with Crippen molar-refractivity contribution in [1.82, 2.24) is 0 Å². The van der Waals surface area contributed by atoms with Crippen LogP contribution < -0.4 is 0 Å². The number of ketones is 1. The van der Waals surface area contributed by atoms with Crippen LogP contribution in [0.5, 0.6) is 0 Å². The van der Waals surface area contributed by atoms with E-state index in [2.05, 4.69) is 26.8 Å². The van der Waals surface area contributed by atoms with Crippen molar-refractivity contribution < 1.29 is 4.79 Å². The first-order valence-corrected chi connectivity index (χ1v) is 10.6. The van der Waals surface area contributed by atoms with Crippen LogP contribution >= 0.6 is 0 Å². The van der Waals surface area contributed by atoms with Gasteiger partial charge in [0, 0.05) is 6.42 Å². The van der Waals surface area contributed by atoms with E-state index < -0.39 is 0 Å². The second-order valence-corrected chi connectivity index (χ2v) is 9.58. The van der Waals surface area contributed by atoms with E-state index in [0.29, 0.717) is 11.7 Å². The van der Waals surface area contributed by atoms with Crippen molar-refractivity contribution in [1.29, 1.82) is 5.26 Å². The lowest BCUT2D eigenvalue weighted by molar-refractivity contribution is -0.116. The van der Waals surface area contributed by atoms with Gasteiger partial charge in [-0.2, -0.15) is 5.26 Å². The van der Waals surface area contributed by atoms with E-state index in [1.807, 2.05) is 6.08 Å². The zero-order valence-corrected chi connectivity index (χ0v) is 16.2. The van der Waals surface area contributed by atoms with Gasteiger partial charge in [-0.05, 0) is 93.0 Å². The van der Waals surface area contributed by atoms with Crippen LogP contribution in [0.15, 0.2) is 11.6 Å². The number of rotatable bonds is 2. The summed E-state index contributed by atoms with van der Waals surface area (Å²) in [6.45, 7) is 6.93. The predicted octanol–water partition coefficient (Wildman–Crippen LogP) is 5.68. The number of hydrogen-bond donors (Lipinski definition) is 0. The lowest BCUT2D eigenvalue weighted by atomic mass is 9.45. The van der Waals surface area contributed by atoms with Crippen molar-refractivity contribution in [3.05, 3.63) is 11.6 Å². The summed E-state index contributed by atoms with van der Waals surface area (Å²) >= 11 is 0. The first-order chi connectivity index (χ1) is 12.0. The molecule has 0 radical (unpaired) electrons. The molecule has 0 heterocycles. The second-order valence-electron chi connectivity index (χ2n) is 9.58. The molecular formula is C23H33NO. The Bertz CT molecular complexity index is 643. The molecule has 0 bridgehead atoms. The summed E-state index contributed by atoms with van der Waals surface area (Å²) in [6.07, 6.45) is 12.2. The second kappa shape index (κ2) is 5.97. The minimum absolute atomic E-state index is 0.131. The monoisotopic (exact) mass is 339 g/mol. The number of nitriles is 1. The molecule has 4 aliphatic rings. The maximum Gasteiger partial charge on any atom is 0.155 e. The molecule has 0 aromatic carbocycles. The number of fused-ring (bicyclic) bond motifs is 5. The standard InChI is InChI=1S/C23H33NO/c1-4-15-12-16-13-17(25)6-7-18(16)19-8-11-23(5-2)20(21(15)19)9-10-22(23,3)14-24/h13,15,18-21H,4-12H2,1-3H3/t15-,18+,19-,20+,21-,22-,23+/m1/s1. The van der Waals surface area contributed by atoms with Crippen LogP contribution in [-0.2, 0) is 4.79 Å². The van der Waals surface area contributed by atoms with Crippen LogP contribution in [0.1, 0.15) is 78.6 Å². The lowest BCUT2D eigenvalue weighted by Crippen LogP contribution is -2.52. The van der Waals surface area contributed by atoms with Gasteiger partial charge in [-0.25, -0.2) is 0 Å². The minimum atomic E-state index is -0.131. The average molecular weight is 340 g/mol. The Balaban J connectivity index is 1.74. The molecule has 0 spiro atoms. The third-order valence-corrected chi connectivity index (χ3v) is 9.13. The summed E-state index contributed by atoms with van der Waals surface area (Å²) in [5.74, 6) is 4.01. The third kappa shape index (κ3) is 2.23. The van der Waals surface area contributed by atoms with Gasteiger partial charge in [0.15, 0.2) is 5.78 Å². The highest BCUT2D eigenvalue weighted by molar-refractivity contribution is 5.91. The molecule has 0 N–H and O–H groups in total. The molecule has 0 amide bonds. The molecule has 3 saturated carbocycles. The van der Waals surface area contributed by atoms with E-state index in [9.17, 15) is 10.1 Å². The van der Waals surface area contributed by atoms with Gasteiger partial charge in [0.2, 0.25) is 0 Å². The number of allylic oxidation sites excluding steroid dienone is 1. The van der Waals surface area contributed by atoms with E-state index in [1.54, 1.807) is 0 Å². The molecule has 3 fully saturated rings. The fourth-order valence-electron chi connectivity index (χ4n) is 7.88. The van der Waals surface area contributed by atoms with E-state index in [-0.39, 0.29) is 10.8 Å². The molecule has 4 aliphatic carbocycles. The van der Waals surface area contributed by atoms with Crippen LogP contribution in [0.25, 0.3) is 0 Å². The van der Waals surface area contributed by atoms with Crippen molar-refractivity contribution in [2.45, 2.75) is 78.6 Å². The topological polar surface area (TPSA) is 40.9 Å². The molecule has 136 valence electrons. The van der Waals surface area contributed by atoms with Crippen LogP contribution in [0, 0.1) is 51.8 Å². The summed E-state index contributed by atoms with van der Waals surface area (Å²) in [7, 11) is 0. The Hall–Kier alpha value is -1.10. The van der Waals surface area contributed by atoms with Gasteiger partial charge in [0.25, 0.3) is 0 Å². The van der Waals surface area contributed by atoms with Crippen molar-refractivity contribution in [2.75, 3.05) is 0 Å². The average Bonchev–Trinajstić information content (AvgIpc) is 2.94. The maximum atomic E-state index is 12.0. The summed E-state index contributed by atoms with van der Waals surface area (Å²) in [4.78, 5) is 12.0. The molecule has 0 saturated heterocycles. The molecule has 2 heteroatoms. The maximum absolute atomic E-state index is 12.0. The molecule has 2 nitrogen and oxygen atoms in total. The van der Waals surface area contributed by atoms with Gasteiger partial charge < -0.3 is 0 Å². The quantitative estimate of drug-likeness (QED) is 0.649. The van der Waals surface area contributed by atoms with E-state index >= 15 is 0 Å². The third-order valence-electron chi connectivity index (χ3n) is 9.13. The summed E-state index contributed by atoms with van der Waals surface area (Å²) in [6, 6.07) is 2.77. The molecule has 0 unspecified atom stereocenters. The highest BCUT2D eigenvalue weighted by Crippen LogP contribution is 2.70. The first kappa shape index (κ1) is 17.3. The van der Waals surface area contributed by atoms with Crippen LogP contribution in [0.2, 0.25) is 0 Å². The Morgan fingerprint density at radius 2 is 2.04 bits per heavy atom. The SMILES string of the molecule is CC[C@@H]1CC2=CC(=O)CC[C@@H]2[C@H]2CC[C@@]3(CC)[C@@H](CC[C@]3(C)C#N)[C@H]12. The molecule has 0 aliphatic heterocycles. The molecule has 25 heavy (non-hydrogen) atoms. The van der Waals surface area contributed by atoms with Crippen molar-refractivity contribution in [2.24, 2.45) is 40.4 Å². The van der Waals surface area contributed by atoms with Gasteiger partial charge in [-0.1, -0.05) is 25.8 Å². The number of carbonyl (C=O) groups is 1. The van der Waals surface area contributed by atoms with Gasteiger partial charge in [-0.3, -0.25) is 4.79 Å². The van der Waals surface area contributed by atoms with Gasteiger partial charge in [0.05, 0.1) is 11.5 Å². The van der Waals surface area contributed by atoms with Crippen molar-refractivity contribution in [3.8, 4) is 6.07 Å². The largest absolute Gasteiger partial charge is 0.295 e. The fraction of sp³-hybridized carbons (Fsp3) is 0.826. The molecule has 0 aromatic rings. The lowest BCUT2D eigenvalue weighted by Gasteiger charge is -2.58. The molecule has 0 aromatic heterocycles. The Labute approximate surface area is 153 Å². The smallest absolute Gasteiger partial charge is 0.155 e. The highest BCUT2D eigenvalue weighted by Gasteiger charge is 2.63. The summed E-state index contributed by atoms with van der Waals surface area (Å²) in [5.41, 5.74) is 1.59. The normalized spacial score (nSPS) is 48.8. The van der Waals surface area contributed by atoms with Gasteiger partial charge in [-0.15, -0.1) is 0 Å². The molecular weight excluding hydrogens is 306 g/mol. The minimum Gasteiger partial charge on any atom is -0.295 e. The van der Waals surface area contributed by atoms with Crippen LogP contribution in [0.3, 0.4) is 0 Å². The Morgan fingerprint density at radius 3 is 2.72 bits per heavy atom. The van der Waals surface area contributed by atoms with Crippen molar-refractivity contribution >= 4 is 5.78 Å². The van der Waals surface area contributed by atoms with Gasteiger partial charge in [0.1, 0.15) is 0 Å². The van der Waals surface area contributed by atoms with E-state index in [4.69, 9.17) is 0 Å².